The molecule has 1 aromatic carbocycles. The van der Waals surface area contributed by atoms with Crippen LogP contribution in [0.1, 0.15) is 15.9 Å². The number of aryl methyl sites for hydroxylation is 1. The third kappa shape index (κ3) is 2.10. The fourth-order valence-corrected chi connectivity index (χ4v) is 2.43. The van der Waals surface area contributed by atoms with Gasteiger partial charge in [0.25, 0.3) is 11.8 Å². The molecule has 2 saturated heterocycles. The number of ether oxygens (including phenoxy) is 1. The Hall–Kier alpha value is -2.14. The number of nitrogens with zero attached hydrogens (tertiary/aromatic N) is 1. The van der Waals surface area contributed by atoms with Crippen LogP contribution in [-0.2, 0) is 9.53 Å². The van der Waals surface area contributed by atoms with E-state index in [-0.39, 0.29) is 18.0 Å². The van der Waals surface area contributed by atoms with Crippen LogP contribution in [-0.4, -0.2) is 42.1 Å². The van der Waals surface area contributed by atoms with Gasteiger partial charge >= 0.3 is 0 Å². The topological polar surface area (TPSA) is 58.6 Å². The van der Waals surface area contributed by atoms with E-state index in [0.717, 1.165) is 11.1 Å². The average Bonchev–Trinajstić information content (AvgIpc) is 2.45. The first-order valence-corrected chi connectivity index (χ1v) is 6.52. The van der Waals surface area contributed by atoms with Gasteiger partial charge < -0.3 is 15.0 Å². The van der Waals surface area contributed by atoms with Crippen LogP contribution in [0, 0.1) is 6.92 Å². The van der Waals surface area contributed by atoms with Gasteiger partial charge in [-0.1, -0.05) is 24.3 Å². The molecule has 0 saturated carbocycles. The third-order valence-electron chi connectivity index (χ3n) is 3.59. The molecular weight excluding hydrogens is 256 g/mol. The normalized spacial score (nSPS) is 24.9. The van der Waals surface area contributed by atoms with E-state index in [1.807, 2.05) is 19.1 Å². The molecule has 2 aliphatic rings. The molecule has 3 rings (SSSR count). The molecule has 104 valence electrons. The monoisotopic (exact) mass is 272 g/mol. The van der Waals surface area contributed by atoms with Crippen LogP contribution in [0.25, 0.3) is 0 Å². The lowest BCUT2D eigenvalue weighted by Gasteiger charge is -2.49. The van der Waals surface area contributed by atoms with Gasteiger partial charge in [0, 0.05) is 12.1 Å². The number of amides is 2. The van der Waals surface area contributed by atoms with Crippen molar-refractivity contribution >= 4 is 11.8 Å². The lowest BCUT2D eigenvalue weighted by molar-refractivity contribution is -0.187. The van der Waals surface area contributed by atoms with E-state index in [0.29, 0.717) is 18.7 Å². The molecule has 5 heteroatoms. The zero-order valence-corrected chi connectivity index (χ0v) is 11.3. The predicted octanol–water partition coefficient (Wildman–Crippen LogP) is 0.848. The van der Waals surface area contributed by atoms with Crippen molar-refractivity contribution in [3.63, 3.8) is 0 Å². The van der Waals surface area contributed by atoms with Crippen LogP contribution in [0.4, 0.5) is 0 Å². The summed E-state index contributed by atoms with van der Waals surface area (Å²) in [5.74, 6) is -0.368. The van der Waals surface area contributed by atoms with Gasteiger partial charge in [-0.3, -0.25) is 9.59 Å². The van der Waals surface area contributed by atoms with E-state index in [2.05, 4.69) is 11.9 Å². The molecule has 2 heterocycles. The van der Waals surface area contributed by atoms with Crippen molar-refractivity contribution in [2.24, 2.45) is 0 Å². The van der Waals surface area contributed by atoms with Crippen LogP contribution in [0.2, 0.25) is 0 Å². The number of benzene rings is 1. The Morgan fingerprint density at radius 2 is 2.10 bits per heavy atom. The molecular formula is C15H16N2O3. The highest BCUT2D eigenvalue weighted by Gasteiger charge is 2.50. The van der Waals surface area contributed by atoms with Gasteiger partial charge in [-0.15, -0.1) is 0 Å². The molecule has 20 heavy (non-hydrogen) atoms. The van der Waals surface area contributed by atoms with Gasteiger partial charge in [-0.2, -0.15) is 0 Å². The lowest BCUT2D eigenvalue weighted by atomic mass is 10.0. The maximum absolute atomic E-state index is 12.1. The van der Waals surface area contributed by atoms with Crippen molar-refractivity contribution in [2.45, 2.75) is 19.2 Å². The number of rotatable bonds is 2. The van der Waals surface area contributed by atoms with E-state index in [1.54, 1.807) is 17.0 Å². The standard InChI is InChI=1S/C15H16N2O3/c1-9-3-5-11(6-4-9)13(18)16-12-14(19)17-7-10(2)8-20-15(12)17/h3-6,12,15H,2,7-8H2,1H3,(H,16,18). The van der Waals surface area contributed by atoms with E-state index in [4.69, 9.17) is 4.74 Å². The summed E-state index contributed by atoms with van der Waals surface area (Å²) in [6.45, 7) is 6.71. The number of hydrogen-bond acceptors (Lipinski definition) is 3. The van der Waals surface area contributed by atoms with Gasteiger partial charge in [-0.05, 0) is 24.6 Å². The Morgan fingerprint density at radius 3 is 2.80 bits per heavy atom. The van der Waals surface area contributed by atoms with Crippen molar-refractivity contribution in [1.82, 2.24) is 10.2 Å². The molecule has 0 radical (unpaired) electrons. The summed E-state index contributed by atoms with van der Waals surface area (Å²) in [4.78, 5) is 25.6. The molecule has 1 N–H and O–H groups in total. The first-order valence-electron chi connectivity index (χ1n) is 6.52. The van der Waals surface area contributed by atoms with Gasteiger partial charge in [0.05, 0.1) is 6.61 Å². The summed E-state index contributed by atoms with van der Waals surface area (Å²) in [5.41, 5.74) is 2.50. The largest absolute Gasteiger partial charge is 0.351 e. The minimum Gasteiger partial charge on any atom is -0.351 e. The summed E-state index contributed by atoms with van der Waals surface area (Å²) >= 11 is 0. The maximum atomic E-state index is 12.1. The molecule has 2 atom stereocenters. The minimum atomic E-state index is -0.586. The summed E-state index contributed by atoms with van der Waals surface area (Å²) < 4.78 is 5.52. The Morgan fingerprint density at radius 1 is 1.40 bits per heavy atom. The highest BCUT2D eigenvalue weighted by Crippen LogP contribution is 2.27. The second-order valence-electron chi connectivity index (χ2n) is 5.23. The van der Waals surface area contributed by atoms with Gasteiger partial charge in [-0.25, -0.2) is 0 Å². The van der Waals surface area contributed by atoms with Gasteiger partial charge in [0.1, 0.15) is 0 Å². The SMILES string of the molecule is C=C1COC2C(NC(=O)c3ccc(C)cc3)C(=O)N2C1. The molecule has 2 fully saturated rings. The number of carbonyl (C=O) groups excluding carboxylic acids is 2. The smallest absolute Gasteiger partial charge is 0.252 e. The molecule has 0 aromatic heterocycles. The Labute approximate surface area is 117 Å². The predicted molar refractivity (Wildman–Crippen MR) is 73.0 cm³/mol. The number of β-lactam (4-membered cyclic amide) rings is 1. The van der Waals surface area contributed by atoms with E-state index >= 15 is 0 Å². The number of carbonyl (C=O) groups is 2. The van der Waals surface area contributed by atoms with Crippen LogP contribution in [0.15, 0.2) is 36.4 Å². The molecule has 2 unspecified atom stereocenters. The maximum Gasteiger partial charge on any atom is 0.252 e. The second kappa shape index (κ2) is 4.76. The highest BCUT2D eigenvalue weighted by molar-refractivity contribution is 5.99. The Kier molecular flexibility index (Phi) is 3.06. The Balaban J connectivity index is 1.67. The molecule has 1 aromatic rings. The summed E-state index contributed by atoms with van der Waals surface area (Å²) in [5, 5.41) is 2.73. The van der Waals surface area contributed by atoms with Crippen molar-refractivity contribution in [2.75, 3.05) is 13.2 Å². The van der Waals surface area contributed by atoms with E-state index in [9.17, 15) is 9.59 Å². The first-order chi connectivity index (χ1) is 9.56. The van der Waals surface area contributed by atoms with Crippen LogP contribution >= 0.6 is 0 Å². The van der Waals surface area contributed by atoms with Crippen molar-refractivity contribution in [1.29, 1.82) is 0 Å². The zero-order chi connectivity index (χ0) is 14.3. The third-order valence-corrected chi connectivity index (χ3v) is 3.59. The van der Waals surface area contributed by atoms with Crippen LogP contribution in [0.3, 0.4) is 0 Å². The van der Waals surface area contributed by atoms with Crippen molar-refractivity contribution < 1.29 is 14.3 Å². The van der Waals surface area contributed by atoms with Crippen molar-refractivity contribution in [3.05, 3.63) is 47.5 Å². The highest BCUT2D eigenvalue weighted by atomic mass is 16.5. The van der Waals surface area contributed by atoms with Crippen LogP contribution in [0.5, 0.6) is 0 Å². The average molecular weight is 272 g/mol. The molecule has 0 spiro atoms. The number of hydrogen-bond donors (Lipinski definition) is 1. The second-order valence-corrected chi connectivity index (χ2v) is 5.23. The Bertz CT molecular complexity index is 579. The molecule has 0 aliphatic carbocycles. The van der Waals surface area contributed by atoms with Crippen LogP contribution < -0.4 is 5.32 Å². The molecule has 5 nitrogen and oxygen atoms in total. The van der Waals surface area contributed by atoms with E-state index < -0.39 is 6.04 Å². The quantitative estimate of drug-likeness (QED) is 0.641. The lowest BCUT2D eigenvalue weighted by Crippen LogP contribution is -2.73. The molecule has 0 bridgehead atoms. The van der Waals surface area contributed by atoms with E-state index in [1.165, 1.54) is 0 Å². The number of fused-ring (bicyclic) bond motifs is 1. The molecule has 2 amide bonds. The first kappa shape index (κ1) is 12.9. The zero-order valence-electron chi connectivity index (χ0n) is 11.3. The fourth-order valence-electron chi connectivity index (χ4n) is 2.43. The minimum absolute atomic E-state index is 0.115. The molecule has 2 aliphatic heterocycles. The summed E-state index contributed by atoms with van der Waals surface area (Å²) in [6, 6.07) is 6.64. The van der Waals surface area contributed by atoms with Crippen molar-refractivity contribution in [3.8, 4) is 0 Å². The summed E-state index contributed by atoms with van der Waals surface area (Å²) in [7, 11) is 0. The number of nitrogens with one attached hydrogen (secondary N) is 1. The van der Waals surface area contributed by atoms with Gasteiger partial charge in [0.2, 0.25) is 0 Å². The van der Waals surface area contributed by atoms with Gasteiger partial charge in [0.15, 0.2) is 12.3 Å². The summed E-state index contributed by atoms with van der Waals surface area (Å²) in [6.07, 6.45) is -0.359. The fraction of sp³-hybridized carbons (Fsp3) is 0.333.